The van der Waals surface area contributed by atoms with E-state index < -0.39 is 6.10 Å². The van der Waals surface area contributed by atoms with E-state index in [2.05, 4.69) is 12.1 Å². The minimum Gasteiger partial charge on any atom is -0.496 e. The lowest BCUT2D eigenvalue weighted by atomic mass is 9.94. The summed E-state index contributed by atoms with van der Waals surface area (Å²) in [6.45, 7) is 5.09. The summed E-state index contributed by atoms with van der Waals surface area (Å²) < 4.78 is 17.2. The van der Waals surface area contributed by atoms with Crippen LogP contribution in [0.15, 0.2) is 35.9 Å². The number of benzene rings is 2. The SMILES string of the molecule is COc1c(C)c(CCOCc2ccccc2)c(OC)c2c1C=C(C)[C@@H]2O. The third kappa shape index (κ3) is 3.35. The maximum Gasteiger partial charge on any atom is 0.129 e. The Morgan fingerprint density at radius 1 is 1.00 bits per heavy atom. The molecule has 0 spiro atoms. The van der Waals surface area contributed by atoms with Gasteiger partial charge in [-0.25, -0.2) is 0 Å². The average Bonchev–Trinajstić information content (AvgIpc) is 2.94. The van der Waals surface area contributed by atoms with Gasteiger partial charge in [0.05, 0.1) is 27.4 Å². The van der Waals surface area contributed by atoms with Gasteiger partial charge in [-0.05, 0) is 43.0 Å². The van der Waals surface area contributed by atoms with Gasteiger partial charge in [-0.3, -0.25) is 0 Å². The smallest absolute Gasteiger partial charge is 0.129 e. The van der Waals surface area contributed by atoms with Gasteiger partial charge < -0.3 is 19.3 Å². The van der Waals surface area contributed by atoms with Gasteiger partial charge in [0.25, 0.3) is 0 Å². The first-order valence-electron chi connectivity index (χ1n) is 8.83. The summed E-state index contributed by atoms with van der Waals surface area (Å²) in [4.78, 5) is 0. The van der Waals surface area contributed by atoms with Crippen molar-refractivity contribution in [2.45, 2.75) is 33.0 Å². The molecule has 0 fully saturated rings. The van der Waals surface area contributed by atoms with E-state index in [0.29, 0.717) is 19.6 Å². The zero-order valence-corrected chi connectivity index (χ0v) is 15.8. The Hall–Kier alpha value is -2.30. The fourth-order valence-electron chi connectivity index (χ4n) is 3.60. The molecule has 1 N–H and O–H groups in total. The molecule has 0 saturated carbocycles. The predicted octanol–water partition coefficient (Wildman–Crippen LogP) is 4.22. The number of aliphatic hydroxyl groups excluding tert-OH is 1. The molecule has 4 nitrogen and oxygen atoms in total. The van der Waals surface area contributed by atoms with Gasteiger partial charge in [0.1, 0.15) is 17.6 Å². The largest absolute Gasteiger partial charge is 0.496 e. The molecule has 0 aliphatic heterocycles. The lowest BCUT2D eigenvalue weighted by molar-refractivity contribution is 0.123. The highest BCUT2D eigenvalue weighted by atomic mass is 16.5. The Labute approximate surface area is 155 Å². The van der Waals surface area contributed by atoms with Gasteiger partial charge in [0.15, 0.2) is 0 Å². The number of hydrogen-bond acceptors (Lipinski definition) is 4. The van der Waals surface area contributed by atoms with Crippen molar-refractivity contribution in [3.8, 4) is 11.5 Å². The number of rotatable bonds is 7. The topological polar surface area (TPSA) is 47.9 Å². The second-order valence-electron chi connectivity index (χ2n) is 6.58. The van der Waals surface area contributed by atoms with Crippen LogP contribution in [-0.4, -0.2) is 25.9 Å². The Morgan fingerprint density at radius 3 is 2.35 bits per heavy atom. The molecule has 0 unspecified atom stereocenters. The van der Waals surface area contributed by atoms with Crippen LogP contribution in [0.1, 0.15) is 40.8 Å². The summed E-state index contributed by atoms with van der Waals surface area (Å²) in [6.07, 6.45) is 2.01. The van der Waals surface area contributed by atoms with Gasteiger partial charge in [-0.15, -0.1) is 0 Å². The second kappa shape index (κ2) is 7.94. The quantitative estimate of drug-likeness (QED) is 0.756. The molecule has 0 heterocycles. The van der Waals surface area contributed by atoms with Crippen molar-refractivity contribution in [2.24, 2.45) is 0 Å². The molecule has 4 heteroatoms. The Kier molecular flexibility index (Phi) is 5.64. The summed E-state index contributed by atoms with van der Waals surface area (Å²) in [5.74, 6) is 1.54. The van der Waals surface area contributed by atoms with Crippen LogP contribution >= 0.6 is 0 Å². The molecule has 3 rings (SSSR count). The molecular formula is C22H26O4. The minimum atomic E-state index is -0.654. The van der Waals surface area contributed by atoms with Crippen molar-refractivity contribution in [1.82, 2.24) is 0 Å². The molecule has 2 aromatic rings. The predicted molar refractivity (Wildman–Crippen MR) is 103 cm³/mol. The van der Waals surface area contributed by atoms with E-state index in [-0.39, 0.29) is 0 Å². The fourth-order valence-corrected chi connectivity index (χ4v) is 3.60. The van der Waals surface area contributed by atoms with E-state index in [4.69, 9.17) is 14.2 Å². The molecule has 0 radical (unpaired) electrons. The van der Waals surface area contributed by atoms with E-state index in [1.54, 1.807) is 14.2 Å². The average molecular weight is 354 g/mol. The van der Waals surface area contributed by atoms with E-state index in [0.717, 1.165) is 44.9 Å². The van der Waals surface area contributed by atoms with Crippen molar-refractivity contribution in [3.63, 3.8) is 0 Å². The van der Waals surface area contributed by atoms with Crippen molar-refractivity contribution >= 4 is 6.08 Å². The van der Waals surface area contributed by atoms with Crippen molar-refractivity contribution in [3.05, 3.63) is 63.7 Å². The fraction of sp³-hybridized carbons (Fsp3) is 0.364. The normalized spacial score (nSPS) is 15.6. The van der Waals surface area contributed by atoms with Gasteiger partial charge in [-0.1, -0.05) is 30.3 Å². The van der Waals surface area contributed by atoms with E-state index >= 15 is 0 Å². The molecule has 26 heavy (non-hydrogen) atoms. The summed E-state index contributed by atoms with van der Waals surface area (Å²) in [7, 11) is 3.31. The first-order valence-corrected chi connectivity index (χ1v) is 8.83. The number of ether oxygens (including phenoxy) is 3. The third-order valence-corrected chi connectivity index (χ3v) is 4.94. The van der Waals surface area contributed by atoms with E-state index in [1.165, 1.54) is 0 Å². The number of aliphatic hydroxyl groups is 1. The van der Waals surface area contributed by atoms with Crippen LogP contribution in [0.25, 0.3) is 6.08 Å². The molecule has 0 saturated heterocycles. The molecule has 1 aliphatic rings. The number of methoxy groups -OCH3 is 2. The molecule has 1 aliphatic carbocycles. The summed E-state index contributed by atoms with van der Waals surface area (Å²) in [5.41, 5.74) is 5.82. The van der Waals surface area contributed by atoms with Gasteiger partial charge in [0.2, 0.25) is 0 Å². The van der Waals surface area contributed by atoms with Gasteiger partial charge >= 0.3 is 0 Å². The van der Waals surface area contributed by atoms with E-state index in [9.17, 15) is 5.11 Å². The summed E-state index contributed by atoms with van der Waals surface area (Å²) >= 11 is 0. The highest BCUT2D eigenvalue weighted by molar-refractivity contribution is 5.77. The lowest BCUT2D eigenvalue weighted by Gasteiger charge is -2.21. The van der Waals surface area contributed by atoms with E-state index in [1.807, 2.05) is 38.1 Å². The van der Waals surface area contributed by atoms with Crippen molar-refractivity contribution in [2.75, 3.05) is 20.8 Å². The van der Waals surface area contributed by atoms with Crippen molar-refractivity contribution < 1.29 is 19.3 Å². The molecule has 138 valence electrons. The number of hydrogen-bond donors (Lipinski definition) is 1. The van der Waals surface area contributed by atoms with Crippen LogP contribution in [0, 0.1) is 6.92 Å². The highest BCUT2D eigenvalue weighted by Crippen LogP contribution is 2.48. The van der Waals surface area contributed by atoms with Crippen LogP contribution < -0.4 is 9.47 Å². The maximum absolute atomic E-state index is 10.6. The van der Waals surface area contributed by atoms with Crippen LogP contribution in [0.5, 0.6) is 11.5 Å². The van der Waals surface area contributed by atoms with Crippen LogP contribution in [0.4, 0.5) is 0 Å². The zero-order valence-electron chi connectivity index (χ0n) is 15.8. The maximum atomic E-state index is 10.6. The molecule has 0 amide bonds. The second-order valence-corrected chi connectivity index (χ2v) is 6.58. The molecular weight excluding hydrogens is 328 g/mol. The van der Waals surface area contributed by atoms with Crippen LogP contribution in [-0.2, 0) is 17.8 Å². The first-order chi connectivity index (χ1) is 12.6. The Bertz CT molecular complexity index is 809. The van der Waals surface area contributed by atoms with Crippen LogP contribution in [0.3, 0.4) is 0 Å². The van der Waals surface area contributed by atoms with Crippen LogP contribution in [0.2, 0.25) is 0 Å². The molecule has 0 bridgehead atoms. The Morgan fingerprint density at radius 2 is 1.69 bits per heavy atom. The lowest BCUT2D eigenvalue weighted by Crippen LogP contribution is -2.09. The van der Waals surface area contributed by atoms with Crippen molar-refractivity contribution in [1.29, 1.82) is 0 Å². The molecule has 0 aromatic heterocycles. The standard InChI is InChI=1S/C22H26O4/c1-14-12-18-19(20(14)23)22(25-4)17(15(2)21(18)24-3)10-11-26-13-16-8-6-5-7-9-16/h5-9,12,20,23H,10-11,13H2,1-4H3/t20-/m0/s1. The molecule has 2 aromatic carbocycles. The third-order valence-electron chi connectivity index (χ3n) is 4.94. The zero-order chi connectivity index (χ0) is 18.7. The summed E-state index contributed by atoms with van der Waals surface area (Å²) in [6, 6.07) is 10.1. The first kappa shape index (κ1) is 18.5. The summed E-state index contributed by atoms with van der Waals surface area (Å²) in [5, 5.41) is 10.6. The number of fused-ring (bicyclic) bond motifs is 1. The Balaban J connectivity index is 1.83. The van der Waals surface area contributed by atoms with Gasteiger partial charge in [-0.2, -0.15) is 0 Å². The van der Waals surface area contributed by atoms with Gasteiger partial charge in [0, 0.05) is 16.7 Å². The minimum absolute atomic E-state index is 0.566. The monoisotopic (exact) mass is 354 g/mol. The highest BCUT2D eigenvalue weighted by Gasteiger charge is 2.31. The molecule has 1 atom stereocenters.